The van der Waals surface area contributed by atoms with Crippen LogP contribution in [0.4, 0.5) is 10.5 Å². The Hall–Kier alpha value is -4.03. The molecule has 0 atom stereocenters. The third-order valence-corrected chi connectivity index (χ3v) is 7.16. The van der Waals surface area contributed by atoms with E-state index in [1.165, 1.54) is 0 Å². The van der Waals surface area contributed by atoms with Gasteiger partial charge in [-0.15, -0.1) is 0 Å². The van der Waals surface area contributed by atoms with Gasteiger partial charge in [-0.25, -0.2) is 9.69 Å². The summed E-state index contributed by atoms with van der Waals surface area (Å²) in [6.45, 7) is 3.78. The summed E-state index contributed by atoms with van der Waals surface area (Å²) in [5, 5.41) is 4.26. The van der Waals surface area contributed by atoms with E-state index in [0.29, 0.717) is 12.1 Å². The van der Waals surface area contributed by atoms with Gasteiger partial charge in [0, 0.05) is 4.47 Å². The molecule has 1 saturated heterocycles. The number of hydrogen-bond donors (Lipinski definition) is 1. The lowest BCUT2D eigenvalue weighted by atomic mass is 9.92. The average molecular weight is 539 g/mol. The molecule has 5 nitrogen and oxygen atoms in total. The molecule has 36 heavy (non-hydrogen) atoms. The fourth-order valence-corrected chi connectivity index (χ4v) is 5.01. The average Bonchev–Trinajstić information content (AvgIpc) is 2.85. The zero-order valence-corrected chi connectivity index (χ0v) is 21.4. The van der Waals surface area contributed by atoms with Crippen LogP contribution < -0.4 is 10.2 Å². The molecule has 6 heteroatoms. The number of nitrogens with one attached hydrogen (secondary N) is 1. The highest BCUT2D eigenvalue weighted by Crippen LogP contribution is 2.31. The van der Waals surface area contributed by atoms with Gasteiger partial charge in [0.2, 0.25) is 0 Å². The van der Waals surface area contributed by atoms with Gasteiger partial charge in [0.25, 0.3) is 11.8 Å². The normalized spacial score (nSPS) is 15.0. The fraction of sp³-hybridized carbons (Fsp3) is 0.100. The van der Waals surface area contributed by atoms with Gasteiger partial charge in [0.05, 0.1) is 5.69 Å². The van der Waals surface area contributed by atoms with Gasteiger partial charge in [0.15, 0.2) is 0 Å². The largest absolute Gasteiger partial charge is 0.335 e. The Bertz CT molecular complexity index is 1590. The maximum absolute atomic E-state index is 13.6. The molecule has 0 unspecified atom stereocenters. The van der Waals surface area contributed by atoms with E-state index in [9.17, 15) is 14.4 Å². The van der Waals surface area contributed by atoms with Crippen molar-refractivity contribution < 1.29 is 14.4 Å². The van der Waals surface area contributed by atoms with E-state index >= 15 is 0 Å². The molecule has 1 N–H and O–H groups in total. The summed E-state index contributed by atoms with van der Waals surface area (Å²) in [4.78, 5) is 40.3. The van der Waals surface area contributed by atoms with Crippen molar-refractivity contribution in [3.8, 4) is 0 Å². The highest BCUT2D eigenvalue weighted by atomic mass is 79.9. The highest BCUT2D eigenvalue weighted by Gasteiger charge is 2.37. The number of aryl methyl sites for hydroxylation is 2. The monoisotopic (exact) mass is 538 g/mol. The van der Waals surface area contributed by atoms with Crippen molar-refractivity contribution in [3.63, 3.8) is 0 Å². The van der Waals surface area contributed by atoms with E-state index in [2.05, 4.69) is 21.2 Å². The molecule has 0 aromatic heterocycles. The SMILES string of the molecule is Cc1ccc(N2C(=O)NC(=O)/C(=C\c3c(Cc4ccccc4Br)ccc4ccccc34)C2=O)c(C)c1. The summed E-state index contributed by atoms with van der Waals surface area (Å²) in [6.07, 6.45) is 2.22. The Balaban J connectivity index is 1.66. The Kier molecular flexibility index (Phi) is 6.29. The van der Waals surface area contributed by atoms with E-state index in [1.807, 2.05) is 86.6 Å². The molecular weight excluding hydrogens is 516 g/mol. The number of carbonyl (C=O) groups excluding carboxylic acids is 3. The van der Waals surface area contributed by atoms with E-state index in [0.717, 1.165) is 48.0 Å². The number of barbiturate groups is 1. The number of imide groups is 2. The topological polar surface area (TPSA) is 66.5 Å². The van der Waals surface area contributed by atoms with Gasteiger partial charge in [-0.1, -0.05) is 88.2 Å². The molecule has 5 rings (SSSR count). The Morgan fingerprint density at radius 2 is 1.61 bits per heavy atom. The summed E-state index contributed by atoms with van der Waals surface area (Å²) in [5.74, 6) is -1.35. The number of urea groups is 1. The number of hydrogen-bond acceptors (Lipinski definition) is 3. The van der Waals surface area contributed by atoms with Crippen LogP contribution in [-0.4, -0.2) is 17.8 Å². The summed E-state index contributed by atoms with van der Waals surface area (Å²) < 4.78 is 0.981. The third kappa shape index (κ3) is 4.36. The first-order valence-corrected chi connectivity index (χ1v) is 12.4. The van der Waals surface area contributed by atoms with Crippen molar-refractivity contribution >= 4 is 56.3 Å². The first kappa shape index (κ1) is 23.7. The molecular formula is C30H23BrN2O3. The molecule has 4 amide bonds. The number of carbonyl (C=O) groups is 3. The zero-order chi connectivity index (χ0) is 25.4. The lowest BCUT2D eigenvalue weighted by molar-refractivity contribution is -0.122. The number of anilines is 1. The minimum Gasteiger partial charge on any atom is -0.273 e. The van der Waals surface area contributed by atoms with E-state index in [-0.39, 0.29) is 5.57 Å². The minimum atomic E-state index is -0.750. The maximum atomic E-state index is 13.6. The van der Waals surface area contributed by atoms with E-state index in [4.69, 9.17) is 0 Å². The molecule has 1 aliphatic rings. The number of amides is 4. The van der Waals surface area contributed by atoms with Crippen LogP contribution >= 0.6 is 15.9 Å². The van der Waals surface area contributed by atoms with Crippen LogP contribution in [0.2, 0.25) is 0 Å². The smallest absolute Gasteiger partial charge is 0.273 e. The van der Waals surface area contributed by atoms with Gasteiger partial charge < -0.3 is 0 Å². The second-order valence-electron chi connectivity index (χ2n) is 8.88. The fourth-order valence-electron chi connectivity index (χ4n) is 4.59. The maximum Gasteiger partial charge on any atom is 0.335 e. The van der Waals surface area contributed by atoms with Crippen LogP contribution in [0.25, 0.3) is 16.8 Å². The van der Waals surface area contributed by atoms with Gasteiger partial charge in [-0.2, -0.15) is 0 Å². The standard InChI is InChI=1S/C30H23BrN2O3/c1-18-11-14-27(19(2)15-18)33-29(35)25(28(34)32-30(33)36)17-24-21(16-22-8-4-6-10-26(22)31)13-12-20-7-3-5-9-23(20)24/h3-15,17H,16H2,1-2H3,(H,32,34,36)/b25-17+. The number of halogens is 1. The Morgan fingerprint density at radius 3 is 2.39 bits per heavy atom. The molecule has 1 aliphatic heterocycles. The van der Waals surface area contributed by atoms with E-state index < -0.39 is 17.8 Å². The van der Waals surface area contributed by atoms with Crippen LogP contribution in [0.15, 0.2) is 88.9 Å². The molecule has 1 fully saturated rings. The molecule has 4 aromatic rings. The molecule has 178 valence electrons. The van der Waals surface area contributed by atoms with Crippen LogP contribution in [-0.2, 0) is 16.0 Å². The lowest BCUT2D eigenvalue weighted by Crippen LogP contribution is -2.54. The minimum absolute atomic E-state index is 0.0840. The van der Waals surface area contributed by atoms with Crippen LogP contribution in [0, 0.1) is 13.8 Å². The molecule has 4 aromatic carbocycles. The molecule has 0 spiro atoms. The summed E-state index contributed by atoms with van der Waals surface area (Å²) in [6, 6.07) is 24.6. The number of fused-ring (bicyclic) bond motifs is 1. The Morgan fingerprint density at radius 1 is 0.861 bits per heavy atom. The van der Waals surface area contributed by atoms with Gasteiger partial charge in [0.1, 0.15) is 5.57 Å². The van der Waals surface area contributed by atoms with Crippen molar-refractivity contribution in [2.45, 2.75) is 20.3 Å². The first-order valence-electron chi connectivity index (χ1n) is 11.6. The van der Waals surface area contributed by atoms with Crippen LogP contribution in [0.3, 0.4) is 0 Å². The molecule has 0 aliphatic carbocycles. The highest BCUT2D eigenvalue weighted by molar-refractivity contribution is 9.10. The second-order valence-corrected chi connectivity index (χ2v) is 9.73. The summed E-state index contributed by atoms with van der Waals surface area (Å²) >= 11 is 3.62. The summed E-state index contributed by atoms with van der Waals surface area (Å²) in [5.41, 5.74) is 4.97. The zero-order valence-electron chi connectivity index (χ0n) is 19.8. The molecule has 0 saturated carbocycles. The van der Waals surface area contributed by atoms with Crippen LogP contribution in [0.5, 0.6) is 0 Å². The van der Waals surface area contributed by atoms with E-state index in [1.54, 1.807) is 12.1 Å². The third-order valence-electron chi connectivity index (χ3n) is 6.38. The Labute approximate surface area is 217 Å². The molecule has 0 bridgehead atoms. The first-order chi connectivity index (χ1) is 17.3. The summed E-state index contributed by atoms with van der Waals surface area (Å²) in [7, 11) is 0. The molecule has 1 heterocycles. The van der Waals surface area contributed by atoms with Crippen molar-refractivity contribution in [2.24, 2.45) is 0 Å². The number of rotatable bonds is 4. The predicted molar refractivity (Wildman–Crippen MR) is 146 cm³/mol. The van der Waals surface area contributed by atoms with Gasteiger partial charge in [-0.05, 0) is 71.5 Å². The van der Waals surface area contributed by atoms with Crippen molar-refractivity contribution in [2.75, 3.05) is 4.90 Å². The van der Waals surface area contributed by atoms with Crippen molar-refractivity contribution in [3.05, 3.63) is 117 Å². The quantitative estimate of drug-likeness (QED) is 0.239. The van der Waals surface area contributed by atoms with Crippen molar-refractivity contribution in [1.82, 2.24) is 5.32 Å². The van der Waals surface area contributed by atoms with Gasteiger partial charge >= 0.3 is 6.03 Å². The lowest BCUT2D eigenvalue weighted by Gasteiger charge is -2.28. The van der Waals surface area contributed by atoms with Gasteiger partial charge in [-0.3, -0.25) is 14.9 Å². The van der Waals surface area contributed by atoms with Crippen LogP contribution in [0.1, 0.15) is 27.8 Å². The van der Waals surface area contributed by atoms with Crippen molar-refractivity contribution in [1.29, 1.82) is 0 Å². The predicted octanol–water partition coefficient (Wildman–Crippen LogP) is 6.48. The molecule has 0 radical (unpaired) electrons. The number of nitrogens with zero attached hydrogens (tertiary/aromatic N) is 1. The number of benzene rings is 4. The second kappa shape index (κ2) is 9.55.